The van der Waals surface area contributed by atoms with Crippen LogP contribution in [0.25, 0.3) is 0 Å². The summed E-state index contributed by atoms with van der Waals surface area (Å²) >= 11 is 0. The number of imidazole rings is 1. The van der Waals surface area contributed by atoms with Crippen molar-refractivity contribution < 1.29 is 14.8 Å². The van der Waals surface area contributed by atoms with Gasteiger partial charge in [0.2, 0.25) is 11.6 Å². The molecule has 1 aromatic heterocycles. The molecule has 1 saturated heterocycles. The summed E-state index contributed by atoms with van der Waals surface area (Å²) in [5, 5.41) is 23.9. The Labute approximate surface area is 104 Å². The first kappa shape index (κ1) is 12.8. The third-order valence-electron chi connectivity index (χ3n) is 3.14. The summed E-state index contributed by atoms with van der Waals surface area (Å²) in [7, 11) is 1.69. The standard InChI is InChI=1S/C10H16N4O4/c1-7-12-9(14(16)17)8(13(7)2)11-5-10(15)3-4-18-6-10/h11,15H,3-6H2,1-2H3. The van der Waals surface area contributed by atoms with E-state index in [1.54, 1.807) is 18.5 Å². The fourth-order valence-corrected chi connectivity index (χ4v) is 1.90. The van der Waals surface area contributed by atoms with Gasteiger partial charge in [0.05, 0.1) is 6.61 Å². The van der Waals surface area contributed by atoms with E-state index < -0.39 is 10.5 Å². The fraction of sp³-hybridized carbons (Fsp3) is 0.700. The molecule has 18 heavy (non-hydrogen) atoms. The lowest BCUT2D eigenvalue weighted by molar-refractivity contribution is -0.388. The van der Waals surface area contributed by atoms with Crippen molar-refractivity contribution >= 4 is 11.6 Å². The van der Waals surface area contributed by atoms with Crippen molar-refractivity contribution in [1.29, 1.82) is 0 Å². The molecule has 0 amide bonds. The molecule has 8 heteroatoms. The lowest BCUT2D eigenvalue weighted by atomic mass is 10.0. The first-order chi connectivity index (χ1) is 8.43. The summed E-state index contributed by atoms with van der Waals surface area (Å²) in [4.78, 5) is 14.2. The Morgan fingerprint density at radius 1 is 1.72 bits per heavy atom. The summed E-state index contributed by atoms with van der Waals surface area (Å²) in [6, 6.07) is 0. The Morgan fingerprint density at radius 2 is 2.44 bits per heavy atom. The van der Waals surface area contributed by atoms with Crippen LogP contribution in [0, 0.1) is 17.0 Å². The normalized spacial score (nSPS) is 23.3. The lowest BCUT2D eigenvalue weighted by Gasteiger charge is -2.20. The smallest absolute Gasteiger partial charge is 0.386 e. The maximum atomic E-state index is 10.9. The van der Waals surface area contributed by atoms with Crippen LogP contribution in [0.5, 0.6) is 0 Å². The monoisotopic (exact) mass is 256 g/mol. The minimum atomic E-state index is -0.966. The van der Waals surface area contributed by atoms with Crippen molar-refractivity contribution in [3.63, 3.8) is 0 Å². The van der Waals surface area contributed by atoms with E-state index in [1.807, 2.05) is 0 Å². The third-order valence-corrected chi connectivity index (χ3v) is 3.14. The molecule has 100 valence electrons. The van der Waals surface area contributed by atoms with Crippen LogP contribution < -0.4 is 5.32 Å². The Bertz CT molecular complexity index is 465. The van der Waals surface area contributed by atoms with E-state index in [0.717, 1.165) is 0 Å². The molecule has 1 aromatic rings. The molecule has 1 aliphatic rings. The highest BCUT2D eigenvalue weighted by Crippen LogP contribution is 2.26. The third kappa shape index (κ3) is 2.29. The number of ether oxygens (including phenoxy) is 1. The molecule has 1 aliphatic heterocycles. The number of hydrogen-bond acceptors (Lipinski definition) is 6. The van der Waals surface area contributed by atoms with E-state index in [1.165, 1.54) is 0 Å². The van der Waals surface area contributed by atoms with Crippen LogP contribution in [0.1, 0.15) is 12.2 Å². The first-order valence-corrected chi connectivity index (χ1v) is 5.65. The molecule has 0 bridgehead atoms. The van der Waals surface area contributed by atoms with E-state index in [0.29, 0.717) is 24.7 Å². The maximum Gasteiger partial charge on any atom is 0.406 e. The lowest BCUT2D eigenvalue weighted by Crippen LogP contribution is -2.37. The van der Waals surface area contributed by atoms with Crippen molar-refractivity contribution in [2.45, 2.75) is 18.9 Å². The molecule has 1 unspecified atom stereocenters. The number of aryl methyl sites for hydroxylation is 1. The Balaban J connectivity index is 2.15. The second-order valence-electron chi connectivity index (χ2n) is 4.53. The predicted octanol–water partition coefficient (Wildman–Crippen LogP) is 0.200. The number of nitrogens with one attached hydrogen (secondary N) is 1. The van der Waals surface area contributed by atoms with Crippen molar-refractivity contribution in [2.24, 2.45) is 7.05 Å². The first-order valence-electron chi connectivity index (χ1n) is 5.65. The molecule has 0 spiro atoms. The zero-order valence-electron chi connectivity index (χ0n) is 10.3. The molecule has 0 aromatic carbocycles. The van der Waals surface area contributed by atoms with Crippen LogP contribution in [0.4, 0.5) is 11.6 Å². The maximum absolute atomic E-state index is 10.9. The van der Waals surface area contributed by atoms with Crippen molar-refractivity contribution in [1.82, 2.24) is 9.55 Å². The molecule has 0 radical (unpaired) electrons. The van der Waals surface area contributed by atoms with Crippen molar-refractivity contribution in [3.05, 3.63) is 15.9 Å². The molecular weight excluding hydrogens is 240 g/mol. The quantitative estimate of drug-likeness (QED) is 0.589. The van der Waals surface area contributed by atoms with Crippen LogP contribution in [0.15, 0.2) is 0 Å². The topological polar surface area (TPSA) is 102 Å². The van der Waals surface area contributed by atoms with Gasteiger partial charge in [-0.3, -0.25) is 4.57 Å². The minimum absolute atomic E-state index is 0.201. The molecule has 0 saturated carbocycles. The van der Waals surface area contributed by atoms with Crippen LogP contribution in [0.2, 0.25) is 0 Å². The molecule has 1 atom stereocenters. The zero-order valence-corrected chi connectivity index (χ0v) is 10.3. The summed E-state index contributed by atoms with van der Waals surface area (Å²) in [6.07, 6.45) is 0.518. The molecule has 2 N–H and O–H groups in total. The van der Waals surface area contributed by atoms with E-state index >= 15 is 0 Å². The van der Waals surface area contributed by atoms with Gasteiger partial charge in [-0.1, -0.05) is 0 Å². The number of rotatable bonds is 4. The molecule has 2 rings (SSSR count). The number of hydrogen-bond donors (Lipinski definition) is 2. The second kappa shape index (κ2) is 4.54. The van der Waals surface area contributed by atoms with E-state index in [9.17, 15) is 15.2 Å². The number of nitro groups is 1. The largest absolute Gasteiger partial charge is 0.406 e. The van der Waals surface area contributed by atoms with Crippen LogP contribution >= 0.6 is 0 Å². The summed E-state index contributed by atoms with van der Waals surface area (Å²) < 4.78 is 6.71. The van der Waals surface area contributed by atoms with Gasteiger partial charge in [0.1, 0.15) is 5.60 Å². The van der Waals surface area contributed by atoms with Gasteiger partial charge in [-0.2, -0.15) is 0 Å². The Kier molecular flexibility index (Phi) is 3.22. The highest BCUT2D eigenvalue weighted by Gasteiger charge is 2.33. The number of aromatic nitrogens is 2. The van der Waals surface area contributed by atoms with Gasteiger partial charge in [0.25, 0.3) is 0 Å². The molecule has 0 aliphatic carbocycles. The Morgan fingerprint density at radius 3 is 3.00 bits per heavy atom. The van der Waals surface area contributed by atoms with Gasteiger partial charge >= 0.3 is 5.82 Å². The van der Waals surface area contributed by atoms with Crippen molar-refractivity contribution in [3.8, 4) is 0 Å². The minimum Gasteiger partial charge on any atom is -0.386 e. The Hall–Kier alpha value is -1.67. The number of anilines is 1. The predicted molar refractivity (Wildman–Crippen MR) is 63.5 cm³/mol. The van der Waals surface area contributed by atoms with Gasteiger partial charge in [-0.05, 0) is 9.91 Å². The average Bonchev–Trinajstić information content (AvgIpc) is 2.84. The zero-order chi connectivity index (χ0) is 13.3. The van der Waals surface area contributed by atoms with Gasteiger partial charge in [-0.15, -0.1) is 0 Å². The second-order valence-corrected chi connectivity index (χ2v) is 4.53. The molecule has 2 heterocycles. The van der Waals surface area contributed by atoms with Crippen molar-refractivity contribution in [2.75, 3.05) is 25.1 Å². The van der Waals surface area contributed by atoms with Gasteiger partial charge < -0.3 is 25.3 Å². The van der Waals surface area contributed by atoms with Crippen LogP contribution in [-0.4, -0.2) is 44.9 Å². The van der Waals surface area contributed by atoms with Gasteiger partial charge in [0.15, 0.2) is 0 Å². The SMILES string of the molecule is Cc1nc([N+](=O)[O-])c(NCC2(O)CCOC2)n1C. The van der Waals surface area contributed by atoms with Gasteiger partial charge in [-0.25, -0.2) is 0 Å². The molecular formula is C10H16N4O4. The number of aliphatic hydroxyl groups is 1. The van der Waals surface area contributed by atoms with E-state index in [2.05, 4.69) is 10.3 Å². The van der Waals surface area contributed by atoms with Crippen LogP contribution in [0.3, 0.4) is 0 Å². The summed E-state index contributed by atoms with van der Waals surface area (Å²) in [6.45, 7) is 2.63. The number of nitrogens with zero attached hydrogens (tertiary/aromatic N) is 3. The average molecular weight is 256 g/mol. The van der Waals surface area contributed by atoms with E-state index in [-0.39, 0.29) is 19.0 Å². The molecule has 8 nitrogen and oxygen atoms in total. The molecule has 1 fully saturated rings. The highest BCUT2D eigenvalue weighted by atomic mass is 16.6. The van der Waals surface area contributed by atoms with Gasteiger partial charge in [0, 0.05) is 33.5 Å². The highest BCUT2D eigenvalue weighted by molar-refractivity contribution is 5.53. The van der Waals surface area contributed by atoms with Crippen LogP contribution in [-0.2, 0) is 11.8 Å². The summed E-state index contributed by atoms with van der Waals surface area (Å²) in [5.74, 6) is 0.620. The summed E-state index contributed by atoms with van der Waals surface area (Å²) in [5.41, 5.74) is -0.966. The van der Waals surface area contributed by atoms with E-state index in [4.69, 9.17) is 4.74 Å². The fourth-order valence-electron chi connectivity index (χ4n) is 1.90.